The van der Waals surface area contributed by atoms with E-state index in [0.717, 1.165) is 99.3 Å². The zero-order chi connectivity index (χ0) is 52.6. The smallest absolute Gasteiger partial charge is 0.264 e. The van der Waals surface area contributed by atoms with Crippen LogP contribution in [-0.2, 0) is 31.2 Å². The first-order valence-corrected chi connectivity index (χ1v) is 27.1. The number of hydrogen-bond acceptors (Lipinski definition) is 10. The molecule has 4 fully saturated rings. The molecule has 5 heterocycles. The SMILES string of the molecule is COc1cc(OC2C(C)(C)C(NC(=O)c3ccc(OC4CC5(CCN(C6CCC(n7nc(N8CCCc9cc(-c%10cnn(C)c%10)c(C(F)F)cc98)c8c7CCN(C(C)=O)C8)CC6)CC5)C4)cc3)C2(C)C)ccc1C#N.[HH]. The number of ether oxygens (including phenoxy) is 3. The molecule has 0 radical (unpaired) electrons. The first-order chi connectivity index (χ1) is 35.9. The third-order valence-corrected chi connectivity index (χ3v) is 18.2. The topological polar surface area (TPSA) is 143 Å². The van der Waals surface area contributed by atoms with Gasteiger partial charge in [-0.3, -0.25) is 19.0 Å². The van der Waals surface area contributed by atoms with Crippen LogP contribution in [0.2, 0.25) is 0 Å². The van der Waals surface area contributed by atoms with Crippen molar-refractivity contribution in [2.45, 2.75) is 149 Å². The van der Waals surface area contributed by atoms with Gasteiger partial charge in [-0.15, -0.1) is 0 Å². The molecule has 1 saturated heterocycles. The summed E-state index contributed by atoms with van der Waals surface area (Å²) in [6.07, 6.45) is 11.8. The molecule has 3 saturated carbocycles. The van der Waals surface area contributed by atoms with E-state index in [1.165, 1.54) is 25.6 Å². The molecule has 398 valence electrons. The standard InChI is InChI=1S/C59H71F2N9O5.H2/c1-36(71)68-24-20-49-48(35-68)53(69-23-8-9-38-27-46(40-33-63-66(6)34-40)47(52(60)61)29-50(38)69)65-70(49)42-15-13-41(14-16-42)67-25-21-59(22-26-67)30-45(31-59)74-43-17-10-37(11-18-43)54(72)64-55-57(2,3)56(58(55,4)5)75-44-19-12-39(32-62)51(28-44)73-7;/h10-12,17-19,27-29,33-34,41-42,45,52,55-56H,8-9,13-16,20-26,30-31,35H2,1-7H3,(H,64,72);1H. The highest BCUT2D eigenvalue weighted by atomic mass is 19.3. The van der Waals surface area contributed by atoms with Gasteiger partial charge in [0.25, 0.3) is 12.3 Å². The number of aromatic nitrogens is 4. The molecule has 0 bridgehead atoms. The number of nitrogens with zero attached hydrogens (tertiary/aromatic N) is 8. The molecule has 0 unspecified atom stereocenters. The van der Waals surface area contributed by atoms with Crippen LogP contribution < -0.4 is 24.4 Å². The molecule has 3 aliphatic heterocycles. The van der Waals surface area contributed by atoms with E-state index in [1.54, 1.807) is 55.3 Å². The highest BCUT2D eigenvalue weighted by Crippen LogP contribution is 2.56. The molecule has 1 spiro atoms. The van der Waals surface area contributed by atoms with Gasteiger partial charge >= 0.3 is 0 Å². The molecule has 0 atom stereocenters. The zero-order valence-corrected chi connectivity index (χ0v) is 44.5. The number of hydrogen-bond donors (Lipinski definition) is 1. The first-order valence-electron chi connectivity index (χ1n) is 27.1. The number of carbonyl (C=O) groups is 2. The van der Waals surface area contributed by atoms with Gasteiger partial charge in [0, 0.05) is 104 Å². The number of aryl methyl sites for hydroxylation is 2. The van der Waals surface area contributed by atoms with E-state index in [0.29, 0.717) is 64.8 Å². The normalized spacial score (nSPS) is 23.9. The molecule has 6 aliphatic rings. The third-order valence-electron chi connectivity index (χ3n) is 18.2. The van der Waals surface area contributed by atoms with E-state index >= 15 is 0 Å². The summed E-state index contributed by atoms with van der Waals surface area (Å²) >= 11 is 0. The molecule has 3 aromatic carbocycles. The van der Waals surface area contributed by atoms with Gasteiger partial charge in [0.2, 0.25) is 5.91 Å². The number of methoxy groups -OCH3 is 1. The van der Waals surface area contributed by atoms with Crippen molar-refractivity contribution in [1.82, 2.24) is 34.7 Å². The summed E-state index contributed by atoms with van der Waals surface area (Å²) in [5.74, 6) is 2.59. The van der Waals surface area contributed by atoms with E-state index in [4.69, 9.17) is 19.3 Å². The molecule has 2 amide bonds. The second-order valence-corrected chi connectivity index (χ2v) is 23.6. The summed E-state index contributed by atoms with van der Waals surface area (Å²) < 4.78 is 51.9. The number of amides is 2. The quantitative estimate of drug-likeness (QED) is 0.128. The fourth-order valence-electron chi connectivity index (χ4n) is 14.4. The van der Waals surface area contributed by atoms with Crippen LogP contribution in [0.15, 0.2) is 67.0 Å². The summed E-state index contributed by atoms with van der Waals surface area (Å²) in [5, 5.41) is 22.4. The second-order valence-electron chi connectivity index (χ2n) is 23.6. The lowest BCUT2D eigenvalue weighted by Crippen LogP contribution is -2.74. The minimum atomic E-state index is -2.65. The second kappa shape index (κ2) is 19.6. The maximum Gasteiger partial charge on any atom is 0.264 e. The van der Waals surface area contributed by atoms with Crippen LogP contribution in [0, 0.1) is 27.6 Å². The number of carbonyl (C=O) groups excluding carboxylic acids is 2. The number of alkyl halides is 2. The van der Waals surface area contributed by atoms with E-state index in [-0.39, 0.29) is 53.9 Å². The number of benzene rings is 3. The summed E-state index contributed by atoms with van der Waals surface area (Å²) in [5.41, 5.74) is 5.88. The molecular weight excluding hydrogens is 953 g/mol. The molecule has 3 aliphatic carbocycles. The van der Waals surface area contributed by atoms with Crippen LogP contribution in [0.25, 0.3) is 11.1 Å². The molecule has 11 rings (SSSR count). The Kier molecular flexibility index (Phi) is 13.2. The number of nitrogens with one attached hydrogen (secondary N) is 1. The van der Waals surface area contributed by atoms with Crippen molar-refractivity contribution >= 4 is 23.3 Å². The lowest BCUT2D eigenvalue weighted by atomic mass is 9.49. The monoisotopic (exact) mass is 1030 g/mol. The average molecular weight is 1030 g/mol. The van der Waals surface area contributed by atoms with Crippen molar-refractivity contribution in [3.8, 4) is 34.4 Å². The van der Waals surface area contributed by atoms with Crippen molar-refractivity contribution in [1.29, 1.82) is 5.26 Å². The van der Waals surface area contributed by atoms with Crippen LogP contribution >= 0.6 is 0 Å². The maximum atomic E-state index is 14.8. The van der Waals surface area contributed by atoms with Crippen molar-refractivity contribution in [2.24, 2.45) is 23.3 Å². The highest BCUT2D eigenvalue weighted by Gasteiger charge is 2.64. The Morgan fingerprint density at radius 2 is 1.60 bits per heavy atom. The van der Waals surface area contributed by atoms with Gasteiger partial charge in [0.05, 0.1) is 37.6 Å². The summed E-state index contributed by atoms with van der Waals surface area (Å²) in [4.78, 5) is 33.1. The van der Waals surface area contributed by atoms with Gasteiger partial charge in [-0.05, 0) is 142 Å². The van der Waals surface area contributed by atoms with Crippen LogP contribution in [0.3, 0.4) is 0 Å². The van der Waals surface area contributed by atoms with Crippen molar-refractivity contribution in [3.05, 3.63) is 101 Å². The number of fused-ring (bicyclic) bond motifs is 2. The van der Waals surface area contributed by atoms with Crippen LogP contribution in [0.4, 0.5) is 20.3 Å². The molecule has 16 heteroatoms. The summed E-state index contributed by atoms with van der Waals surface area (Å²) in [7, 11) is 3.33. The van der Waals surface area contributed by atoms with E-state index in [2.05, 4.69) is 58.7 Å². The first kappa shape index (κ1) is 50.7. The van der Waals surface area contributed by atoms with E-state index in [1.807, 2.05) is 35.2 Å². The summed E-state index contributed by atoms with van der Waals surface area (Å²) in [6, 6.07) is 19.2. The number of rotatable bonds is 12. The fourth-order valence-corrected chi connectivity index (χ4v) is 14.4. The predicted octanol–water partition coefficient (Wildman–Crippen LogP) is 10.8. The van der Waals surface area contributed by atoms with Crippen LogP contribution in [0.5, 0.6) is 17.2 Å². The Labute approximate surface area is 440 Å². The molecule has 14 nitrogen and oxygen atoms in total. The van der Waals surface area contributed by atoms with Gasteiger partial charge < -0.3 is 34.2 Å². The fraction of sp³-hybridized carbons (Fsp3) is 0.542. The van der Waals surface area contributed by atoms with Crippen molar-refractivity contribution < 1.29 is 34.0 Å². The number of halogens is 2. The minimum absolute atomic E-state index is 0. The Hall–Kier alpha value is -6.47. The number of piperidine rings is 1. The Morgan fingerprint density at radius 3 is 2.25 bits per heavy atom. The maximum absolute atomic E-state index is 14.8. The Balaban J connectivity index is 0.00000657. The Morgan fingerprint density at radius 1 is 0.893 bits per heavy atom. The number of likely N-dealkylation sites (tertiary alicyclic amines) is 1. The molecule has 1 N–H and O–H groups in total. The molecule has 2 aromatic heterocycles. The summed E-state index contributed by atoms with van der Waals surface area (Å²) in [6.45, 7) is 14.0. The molecular formula is C59H73F2N9O5. The van der Waals surface area contributed by atoms with Crippen molar-refractivity contribution in [3.63, 3.8) is 0 Å². The van der Waals surface area contributed by atoms with E-state index in [9.17, 15) is 23.6 Å². The predicted molar refractivity (Wildman–Crippen MR) is 284 cm³/mol. The Bertz CT molecular complexity index is 3000. The zero-order valence-electron chi connectivity index (χ0n) is 44.5. The third kappa shape index (κ3) is 9.31. The van der Waals surface area contributed by atoms with Gasteiger partial charge in [-0.25, -0.2) is 8.78 Å². The highest BCUT2D eigenvalue weighted by molar-refractivity contribution is 5.94. The van der Waals surface area contributed by atoms with Gasteiger partial charge in [-0.1, -0.05) is 27.7 Å². The van der Waals surface area contributed by atoms with E-state index < -0.39 is 6.43 Å². The molecule has 75 heavy (non-hydrogen) atoms. The number of nitriles is 1. The lowest BCUT2D eigenvalue weighted by molar-refractivity contribution is -0.164. The minimum Gasteiger partial charge on any atom is -0.495 e. The van der Waals surface area contributed by atoms with Crippen LogP contribution in [0.1, 0.15) is 145 Å². The van der Waals surface area contributed by atoms with Crippen molar-refractivity contribution in [2.75, 3.05) is 38.2 Å². The van der Waals surface area contributed by atoms with Gasteiger partial charge in [-0.2, -0.15) is 15.5 Å². The van der Waals surface area contributed by atoms with Gasteiger partial charge in [0.15, 0.2) is 5.82 Å². The average Bonchev–Trinajstić information content (AvgIpc) is 4.08. The van der Waals surface area contributed by atoms with Gasteiger partial charge in [0.1, 0.15) is 29.4 Å². The molecule has 5 aromatic rings. The lowest BCUT2D eigenvalue weighted by Gasteiger charge is -2.63. The number of anilines is 2. The largest absolute Gasteiger partial charge is 0.495 e. The van der Waals surface area contributed by atoms with Crippen LogP contribution in [-0.4, -0.2) is 98.8 Å².